The number of hydrogen-bond donors (Lipinski definition) is 2. The smallest absolute Gasteiger partial charge is 0.352 e. The number of aromatic carboxylic acids is 1. The minimum atomic E-state index is -0.991. The molecule has 1 aromatic carbocycles. The molecule has 2 aromatic heterocycles. The molecule has 130 valence electrons. The number of carboxylic acid groups (broad SMARTS) is 1. The summed E-state index contributed by atoms with van der Waals surface area (Å²) in [6, 6.07) is 8.97. The molecule has 7 heteroatoms. The summed E-state index contributed by atoms with van der Waals surface area (Å²) in [7, 11) is 0. The summed E-state index contributed by atoms with van der Waals surface area (Å²) >= 11 is 1.49. The summed E-state index contributed by atoms with van der Waals surface area (Å²) in [6.07, 6.45) is 0. The van der Waals surface area contributed by atoms with Gasteiger partial charge in [-0.25, -0.2) is 9.78 Å². The fourth-order valence-electron chi connectivity index (χ4n) is 2.38. The lowest BCUT2D eigenvalue weighted by Gasteiger charge is -2.11. The molecule has 0 atom stereocenters. The second kappa shape index (κ2) is 7.40. The summed E-state index contributed by atoms with van der Waals surface area (Å²) in [5, 5.41) is 11.7. The van der Waals surface area contributed by atoms with Crippen LogP contribution in [-0.2, 0) is 0 Å². The van der Waals surface area contributed by atoms with Crippen LogP contribution in [0.5, 0.6) is 11.5 Å². The van der Waals surface area contributed by atoms with Gasteiger partial charge in [-0.2, -0.15) is 0 Å². The Hall–Kier alpha value is -2.80. The summed E-state index contributed by atoms with van der Waals surface area (Å²) in [5.41, 5.74) is 2.45. The first kappa shape index (κ1) is 17.0. The zero-order valence-corrected chi connectivity index (χ0v) is 14.7. The molecule has 6 nitrogen and oxygen atoms in total. The fourth-order valence-corrected chi connectivity index (χ4v) is 3.20. The van der Waals surface area contributed by atoms with E-state index in [1.165, 1.54) is 17.4 Å². The van der Waals surface area contributed by atoms with Crippen molar-refractivity contribution in [1.82, 2.24) is 9.97 Å². The predicted octanol–water partition coefficient (Wildman–Crippen LogP) is 4.30. The monoisotopic (exact) mass is 358 g/mol. The number of aromatic nitrogens is 2. The van der Waals surface area contributed by atoms with E-state index in [2.05, 4.69) is 9.97 Å². The number of rotatable bonds is 7. The van der Waals surface area contributed by atoms with Crippen molar-refractivity contribution in [3.8, 4) is 33.5 Å². The van der Waals surface area contributed by atoms with Crippen LogP contribution in [0.2, 0.25) is 0 Å². The molecule has 2 heterocycles. The molecule has 0 spiro atoms. The molecule has 0 unspecified atom stereocenters. The number of thiazole rings is 1. The van der Waals surface area contributed by atoms with E-state index in [1.807, 2.05) is 37.4 Å². The van der Waals surface area contributed by atoms with Crippen molar-refractivity contribution in [2.45, 2.75) is 13.8 Å². The number of benzene rings is 1. The van der Waals surface area contributed by atoms with Crippen LogP contribution >= 0.6 is 11.3 Å². The average molecular weight is 358 g/mol. The Bertz CT molecular complexity index is 885. The molecule has 0 aliphatic heterocycles. The third kappa shape index (κ3) is 3.66. The van der Waals surface area contributed by atoms with Crippen LogP contribution in [0.3, 0.4) is 0 Å². The second-order valence-corrected chi connectivity index (χ2v) is 6.01. The first-order valence-electron chi connectivity index (χ1n) is 7.90. The van der Waals surface area contributed by atoms with Gasteiger partial charge >= 0.3 is 5.97 Å². The van der Waals surface area contributed by atoms with E-state index >= 15 is 0 Å². The number of H-pyrrole nitrogens is 1. The summed E-state index contributed by atoms with van der Waals surface area (Å²) in [5.74, 6) is 0.404. The van der Waals surface area contributed by atoms with Crippen molar-refractivity contribution < 1.29 is 19.4 Å². The van der Waals surface area contributed by atoms with Crippen molar-refractivity contribution >= 4 is 17.3 Å². The summed E-state index contributed by atoms with van der Waals surface area (Å²) in [4.78, 5) is 18.4. The van der Waals surface area contributed by atoms with Crippen LogP contribution in [0.4, 0.5) is 0 Å². The van der Waals surface area contributed by atoms with Crippen LogP contribution in [0.15, 0.2) is 35.7 Å². The van der Waals surface area contributed by atoms with E-state index in [1.54, 1.807) is 6.07 Å². The third-order valence-electron chi connectivity index (χ3n) is 3.49. The Morgan fingerprint density at radius 1 is 1.16 bits per heavy atom. The molecule has 0 radical (unpaired) electrons. The Morgan fingerprint density at radius 3 is 2.60 bits per heavy atom. The van der Waals surface area contributed by atoms with Crippen LogP contribution in [0.25, 0.3) is 22.0 Å². The van der Waals surface area contributed by atoms with Crippen molar-refractivity contribution in [2.24, 2.45) is 0 Å². The van der Waals surface area contributed by atoms with Gasteiger partial charge in [0.05, 0.1) is 24.6 Å². The molecule has 25 heavy (non-hydrogen) atoms. The summed E-state index contributed by atoms with van der Waals surface area (Å²) < 4.78 is 11.2. The molecular formula is C18H18N2O4S. The minimum Gasteiger partial charge on any atom is -0.490 e. The highest BCUT2D eigenvalue weighted by molar-refractivity contribution is 7.13. The van der Waals surface area contributed by atoms with E-state index in [9.17, 15) is 4.79 Å². The van der Waals surface area contributed by atoms with Gasteiger partial charge in [0.15, 0.2) is 11.5 Å². The number of ether oxygens (including phenoxy) is 2. The van der Waals surface area contributed by atoms with Gasteiger partial charge in [-0.3, -0.25) is 0 Å². The van der Waals surface area contributed by atoms with Crippen molar-refractivity contribution in [2.75, 3.05) is 13.2 Å². The van der Waals surface area contributed by atoms with Crippen molar-refractivity contribution in [3.63, 3.8) is 0 Å². The molecule has 3 aromatic rings. The minimum absolute atomic E-state index is 0.143. The largest absolute Gasteiger partial charge is 0.490 e. The van der Waals surface area contributed by atoms with Gasteiger partial charge in [0, 0.05) is 10.9 Å². The molecule has 0 bridgehead atoms. The molecular weight excluding hydrogens is 340 g/mol. The molecule has 2 N–H and O–H groups in total. The third-order valence-corrected chi connectivity index (χ3v) is 4.38. The van der Waals surface area contributed by atoms with E-state index < -0.39 is 5.97 Å². The van der Waals surface area contributed by atoms with Crippen molar-refractivity contribution in [1.29, 1.82) is 0 Å². The number of nitrogens with zero attached hydrogens (tertiary/aromatic N) is 1. The van der Waals surface area contributed by atoms with Gasteiger partial charge in [-0.15, -0.1) is 11.3 Å². The SMILES string of the molecule is CCOc1ccc(-c2nc(-c3ccc(C(=O)O)[nH]3)cs2)cc1OCC. The first-order chi connectivity index (χ1) is 12.1. The number of aromatic amines is 1. The summed E-state index contributed by atoms with van der Waals surface area (Å²) in [6.45, 7) is 4.97. The van der Waals surface area contributed by atoms with Crippen LogP contribution in [0, 0.1) is 0 Å². The molecule has 0 saturated carbocycles. The predicted molar refractivity (Wildman–Crippen MR) is 96.6 cm³/mol. The maximum absolute atomic E-state index is 11.0. The van der Waals surface area contributed by atoms with E-state index in [0.717, 1.165) is 10.6 Å². The van der Waals surface area contributed by atoms with Crippen molar-refractivity contribution in [3.05, 3.63) is 41.4 Å². The molecule has 0 fully saturated rings. The maximum atomic E-state index is 11.0. The Kier molecular flexibility index (Phi) is 5.04. The first-order valence-corrected chi connectivity index (χ1v) is 8.78. The molecule has 0 aliphatic rings. The van der Waals surface area contributed by atoms with E-state index in [4.69, 9.17) is 14.6 Å². The van der Waals surface area contributed by atoms with E-state index in [0.29, 0.717) is 36.1 Å². The highest BCUT2D eigenvalue weighted by atomic mass is 32.1. The lowest BCUT2D eigenvalue weighted by molar-refractivity contribution is 0.0691. The van der Waals surface area contributed by atoms with Crippen LogP contribution in [-0.4, -0.2) is 34.3 Å². The van der Waals surface area contributed by atoms with Gasteiger partial charge in [0.25, 0.3) is 0 Å². The molecule has 0 aliphatic carbocycles. The fraction of sp³-hybridized carbons (Fsp3) is 0.222. The Labute approximate surface area is 149 Å². The average Bonchev–Trinajstić information content (AvgIpc) is 3.26. The number of nitrogens with one attached hydrogen (secondary N) is 1. The van der Waals surface area contributed by atoms with Gasteiger partial charge in [0.2, 0.25) is 0 Å². The van der Waals surface area contributed by atoms with Crippen LogP contribution < -0.4 is 9.47 Å². The maximum Gasteiger partial charge on any atom is 0.352 e. The number of carboxylic acids is 1. The van der Waals surface area contributed by atoms with Crippen LogP contribution in [0.1, 0.15) is 24.3 Å². The topological polar surface area (TPSA) is 84.4 Å². The van der Waals surface area contributed by atoms with Gasteiger partial charge in [-0.05, 0) is 44.2 Å². The zero-order chi connectivity index (χ0) is 17.8. The standard InChI is InChI=1S/C18H18N2O4S/c1-3-23-15-8-5-11(9-16(15)24-4-2)17-20-14(10-25-17)12-6-7-13(19-12)18(21)22/h5-10,19H,3-4H2,1-2H3,(H,21,22). The van der Waals surface area contributed by atoms with Gasteiger partial charge in [0.1, 0.15) is 10.7 Å². The Morgan fingerprint density at radius 2 is 1.92 bits per heavy atom. The second-order valence-electron chi connectivity index (χ2n) is 5.16. The molecule has 0 amide bonds. The zero-order valence-electron chi connectivity index (χ0n) is 13.9. The number of hydrogen-bond acceptors (Lipinski definition) is 5. The quantitative estimate of drug-likeness (QED) is 0.658. The van der Waals surface area contributed by atoms with E-state index in [-0.39, 0.29) is 5.69 Å². The normalized spacial score (nSPS) is 10.6. The highest BCUT2D eigenvalue weighted by Crippen LogP contribution is 2.35. The lowest BCUT2D eigenvalue weighted by atomic mass is 10.2. The number of carbonyl (C=O) groups is 1. The Balaban J connectivity index is 1.90. The highest BCUT2D eigenvalue weighted by Gasteiger charge is 2.13. The van der Waals surface area contributed by atoms with Gasteiger partial charge < -0.3 is 19.6 Å². The molecule has 0 saturated heterocycles. The molecule has 3 rings (SSSR count). The lowest BCUT2D eigenvalue weighted by Crippen LogP contribution is -1.98. The van der Waals surface area contributed by atoms with Gasteiger partial charge in [-0.1, -0.05) is 0 Å².